The summed E-state index contributed by atoms with van der Waals surface area (Å²) in [5.41, 5.74) is 0.697. The lowest BCUT2D eigenvalue weighted by atomic mass is 9.99. The Labute approximate surface area is 98.9 Å². The van der Waals surface area contributed by atoms with Crippen LogP contribution in [0, 0.1) is 11.3 Å². The molecule has 0 aliphatic carbocycles. The number of benzene rings is 1. The number of ether oxygens (including phenoxy) is 1. The van der Waals surface area contributed by atoms with Crippen molar-refractivity contribution in [2.75, 3.05) is 6.61 Å². The summed E-state index contributed by atoms with van der Waals surface area (Å²) in [7, 11) is 0. The number of hydrogen-bond acceptors (Lipinski definition) is 5. The van der Waals surface area contributed by atoms with Gasteiger partial charge in [-0.05, 0) is 18.6 Å². The van der Waals surface area contributed by atoms with Gasteiger partial charge in [0.1, 0.15) is 5.75 Å². The number of nitrogens with zero attached hydrogens (tertiary/aromatic N) is 1. The maximum absolute atomic E-state index is 11.3. The Balaban J connectivity index is 3.09. The summed E-state index contributed by atoms with van der Waals surface area (Å²) in [6.45, 7) is 1.51. The highest BCUT2D eigenvalue weighted by atomic mass is 16.5. The number of aliphatic hydroxyl groups excluding tert-OH is 1. The first kappa shape index (κ1) is 13.0. The van der Waals surface area contributed by atoms with Gasteiger partial charge in [0.25, 0.3) is 0 Å². The zero-order valence-corrected chi connectivity index (χ0v) is 9.43. The van der Waals surface area contributed by atoms with Crippen molar-refractivity contribution in [3.63, 3.8) is 0 Å². The first-order chi connectivity index (χ1) is 8.13. The summed E-state index contributed by atoms with van der Waals surface area (Å²) < 4.78 is 4.78. The summed E-state index contributed by atoms with van der Waals surface area (Å²) in [5.74, 6) is -0.602. The predicted octanol–water partition coefficient (Wildman–Crippen LogP) is 0.862. The molecule has 0 aromatic heterocycles. The number of esters is 1. The first-order valence-electron chi connectivity index (χ1n) is 5.14. The van der Waals surface area contributed by atoms with Crippen molar-refractivity contribution in [1.29, 1.82) is 5.26 Å². The van der Waals surface area contributed by atoms with Crippen LogP contribution >= 0.6 is 0 Å². The molecule has 0 radical (unpaired) electrons. The Bertz CT molecular complexity index is 462. The summed E-state index contributed by atoms with van der Waals surface area (Å²) >= 11 is 0. The van der Waals surface area contributed by atoms with Gasteiger partial charge in [-0.25, -0.2) is 0 Å². The average Bonchev–Trinajstić information content (AvgIpc) is 2.31. The summed E-state index contributed by atoms with van der Waals surface area (Å²) in [5, 5.41) is 27.5. The Hall–Kier alpha value is -2.06. The molecule has 0 aliphatic heterocycles. The molecule has 17 heavy (non-hydrogen) atoms. The van der Waals surface area contributed by atoms with E-state index in [-0.39, 0.29) is 29.9 Å². The quantitative estimate of drug-likeness (QED) is 0.755. The van der Waals surface area contributed by atoms with Crippen LogP contribution in [0.4, 0.5) is 0 Å². The van der Waals surface area contributed by atoms with E-state index in [2.05, 4.69) is 0 Å². The Morgan fingerprint density at radius 2 is 2.24 bits per heavy atom. The van der Waals surface area contributed by atoms with Crippen molar-refractivity contribution >= 4 is 5.97 Å². The SMILES string of the molecule is CCOC(=O)Cc1ccc(O)c(CO)c1C#N. The van der Waals surface area contributed by atoms with Crippen LogP contribution in [0.25, 0.3) is 0 Å². The number of aliphatic hydroxyl groups is 1. The molecule has 0 amide bonds. The van der Waals surface area contributed by atoms with E-state index in [0.717, 1.165) is 0 Å². The van der Waals surface area contributed by atoms with E-state index in [1.54, 1.807) is 6.92 Å². The predicted molar refractivity (Wildman–Crippen MR) is 59.1 cm³/mol. The molecule has 0 atom stereocenters. The third kappa shape index (κ3) is 2.95. The van der Waals surface area contributed by atoms with E-state index in [1.807, 2.05) is 6.07 Å². The van der Waals surface area contributed by atoms with Gasteiger partial charge in [0, 0.05) is 5.56 Å². The average molecular weight is 235 g/mol. The van der Waals surface area contributed by atoms with Crippen LogP contribution < -0.4 is 0 Å². The molecule has 0 aliphatic rings. The molecule has 0 bridgehead atoms. The zero-order chi connectivity index (χ0) is 12.8. The Kier molecular flexibility index (Phi) is 4.49. The zero-order valence-electron chi connectivity index (χ0n) is 9.43. The number of phenols is 1. The van der Waals surface area contributed by atoms with E-state index < -0.39 is 12.6 Å². The Morgan fingerprint density at radius 1 is 1.53 bits per heavy atom. The van der Waals surface area contributed by atoms with Crippen LogP contribution in [0.5, 0.6) is 5.75 Å². The summed E-state index contributed by atoms with van der Waals surface area (Å²) in [6.07, 6.45) is -0.0516. The van der Waals surface area contributed by atoms with Crippen molar-refractivity contribution in [3.8, 4) is 11.8 Å². The molecule has 0 saturated carbocycles. The van der Waals surface area contributed by atoms with Gasteiger partial charge in [0.05, 0.1) is 31.3 Å². The van der Waals surface area contributed by atoms with E-state index in [4.69, 9.17) is 15.1 Å². The van der Waals surface area contributed by atoms with Gasteiger partial charge in [-0.3, -0.25) is 4.79 Å². The van der Waals surface area contributed by atoms with Crippen LogP contribution in [0.3, 0.4) is 0 Å². The lowest BCUT2D eigenvalue weighted by Gasteiger charge is -2.09. The van der Waals surface area contributed by atoms with Crippen molar-refractivity contribution in [1.82, 2.24) is 0 Å². The number of nitriles is 1. The molecule has 1 aromatic carbocycles. The molecule has 5 nitrogen and oxygen atoms in total. The van der Waals surface area contributed by atoms with Gasteiger partial charge in [-0.2, -0.15) is 5.26 Å². The molecule has 0 heterocycles. The van der Waals surface area contributed by atoms with Gasteiger partial charge in [0.2, 0.25) is 0 Å². The van der Waals surface area contributed by atoms with Crippen LogP contribution in [0.1, 0.15) is 23.6 Å². The van der Waals surface area contributed by atoms with Crippen molar-refractivity contribution < 1.29 is 19.7 Å². The van der Waals surface area contributed by atoms with Crippen LogP contribution in [0.15, 0.2) is 12.1 Å². The first-order valence-corrected chi connectivity index (χ1v) is 5.14. The number of carbonyl (C=O) groups is 1. The van der Waals surface area contributed by atoms with E-state index in [1.165, 1.54) is 12.1 Å². The van der Waals surface area contributed by atoms with Crippen LogP contribution in [0.2, 0.25) is 0 Å². The van der Waals surface area contributed by atoms with E-state index >= 15 is 0 Å². The normalized spacial score (nSPS) is 9.71. The molecule has 1 rings (SSSR count). The van der Waals surface area contributed by atoms with Crippen LogP contribution in [-0.2, 0) is 22.6 Å². The van der Waals surface area contributed by atoms with Crippen molar-refractivity contribution in [2.24, 2.45) is 0 Å². The Morgan fingerprint density at radius 3 is 2.76 bits per heavy atom. The number of aromatic hydroxyl groups is 1. The summed E-state index contributed by atoms with van der Waals surface area (Å²) in [6, 6.07) is 4.70. The molecule has 0 unspecified atom stereocenters. The van der Waals surface area contributed by atoms with Gasteiger partial charge in [-0.1, -0.05) is 6.07 Å². The lowest BCUT2D eigenvalue weighted by Crippen LogP contribution is -2.09. The molecule has 0 saturated heterocycles. The monoisotopic (exact) mass is 235 g/mol. The molecule has 90 valence electrons. The fourth-order valence-corrected chi connectivity index (χ4v) is 1.50. The highest BCUT2D eigenvalue weighted by molar-refractivity contribution is 5.74. The highest BCUT2D eigenvalue weighted by Crippen LogP contribution is 2.24. The van der Waals surface area contributed by atoms with Crippen molar-refractivity contribution in [3.05, 3.63) is 28.8 Å². The van der Waals surface area contributed by atoms with Crippen LogP contribution in [-0.4, -0.2) is 22.8 Å². The second kappa shape index (κ2) is 5.87. The molecule has 2 N–H and O–H groups in total. The highest BCUT2D eigenvalue weighted by Gasteiger charge is 2.15. The molecule has 0 fully saturated rings. The largest absolute Gasteiger partial charge is 0.508 e. The fraction of sp³-hybridized carbons (Fsp3) is 0.333. The van der Waals surface area contributed by atoms with Gasteiger partial charge in [-0.15, -0.1) is 0 Å². The maximum atomic E-state index is 11.3. The second-order valence-corrected chi connectivity index (χ2v) is 3.35. The van der Waals surface area contributed by atoms with E-state index in [0.29, 0.717) is 5.56 Å². The fourth-order valence-electron chi connectivity index (χ4n) is 1.50. The second-order valence-electron chi connectivity index (χ2n) is 3.35. The molecule has 0 spiro atoms. The standard InChI is InChI=1S/C12H13NO4/c1-2-17-12(16)5-8-3-4-11(15)10(7-14)9(8)6-13/h3-4,14-15H,2,5,7H2,1H3. The third-order valence-corrected chi connectivity index (χ3v) is 2.28. The molecular formula is C12H13NO4. The van der Waals surface area contributed by atoms with Gasteiger partial charge < -0.3 is 14.9 Å². The molecule has 1 aromatic rings. The minimum Gasteiger partial charge on any atom is -0.508 e. The lowest BCUT2D eigenvalue weighted by molar-refractivity contribution is -0.142. The van der Waals surface area contributed by atoms with Gasteiger partial charge in [0.15, 0.2) is 0 Å². The van der Waals surface area contributed by atoms with Gasteiger partial charge >= 0.3 is 5.97 Å². The number of carbonyl (C=O) groups excluding carboxylic acids is 1. The smallest absolute Gasteiger partial charge is 0.310 e. The third-order valence-electron chi connectivity index (χ3n) is 2.28. The number of hydrogen-bond donors (Lipinski definition) is 2. The summed E-state index contributed by atoms with van der Waals surface area (Å²) in [4.78, 5) is 11.3. The number of rotatable bonds is 4. The topological polar surface area (TPSA) is 90.6 Å². The minimum atomic E-state index is -0.453. The molecule has 5 heteroatoms. The maximum Gasteiger partial charge on any atom is 0.310 e. The minimum absolute atomic E-state index is 0.0516. The van der Waals surface area contributed by atoms with Crippen molar-refractivity contribution in [2.45, 2.75) is 20.0 Å². The molecular weight excluding hydrogens is 222 g/mol. The van der Waals surface area contributed by atoms with E-state index in [9.17, 15) is 9.90 Å².